The van der Waals surface area contributed by atoms with Gasteiger partial charge in [-0.15, -0.1) is 0 Å². The second kappa shape index (κ2) is 6.48. The van der Waals surface area contributed by atoms with Gasteiger partial charge in [-0.2, -0.15) is 0 Å². The lowest BCUT2D eigenvalue weighted by Gasteiger charge is -2.11. The van der Waals surface area contributed by atoms with Gasteiger partial charge in [0.1, 0.15) is 5.75 Å². The molecule has 1 aromatic rings. The fourth-order valence-corrected chi connectivity index (χ4v) is 1.40. The number of urea groups is 1. The molecule has 6 heteroatoms. The SMILES string of the molecule is CCNC(=O)Nc1ccc(NC(C)=O)c(OC)c1. The summed E-state index contributed by atoms with van der Waals surface area (Å²) < 4.78 is 5.14. The first-order valence-electron chi connectivity index (χ1n) is 5.57. The van der Waals surface area contributed by atoms with Gasteiger partial charge < -0.3 is 20.7 Å². The van der Waals surface area contributed by atoms with E-state index in [9.17, 15) is 9.59 Å². The fraction of sp³-hybridized carbons (Fsp3) is 0.333. The second-order valence-electron chi connectivity index (χ2n) is 3.58. The summed E-state index contributed by atoms with van der Waals surface area (Å²) in [7, 11) is 1.50. The number of ether oxygens (including phenoxy) is 1. The first-order chi connectivity index (χ1) is 8.56. The number of rotatable bonds is 4. The van der Waals surface area contributed by atoms with Crippen LogP contribution in [0.4, 0.5) is 16.2 Å². The largest absolute Gasteiger partial charge is 0.494 e. The van der Waals surface area contributed by atoms with E-state index in [-0.39, 0.29) is 11.9 Å². The summed E-state index contributed by atoms with van der Waals surface area (Å²) in [4.78, 5) is 22.3. The second-order valence-corrected chi connectivity index (χ2v) is 3.58. The van der Waals surface area contributed by atoms with E-state index in [2.05, 4.69) is 16.0 Å². The molecule has 1 aromatic carbocycles. The van der Waals surface area contributed by atoms with Gasteiger partial charge in [0.15, 0.2) is 0 Å². The van der Waals surface area contributed by atoms with Crippen molar-refractivity contribution in [1.82, 2.24) is 5.32 Å². The summed E-state index contributed by atoms with van der Waals surface area (Å²) in [6, 6.07) is 4.71. The number of nitrogens with one attached hydrogen (secondary N) is 3. The molecule has 0 spiro atoms. The number of amides is 3. The van der Waals surface area contributed by atoms with Gasteiger partial charge in [-0.25, -0.2) is 4.79 Å². The lowest BCUT2D eigenvalue weighted by atomic mass is 10.2. The van der Waals surface area contributed by atoms with E-state index < -0.39 is 0 Å². The molecule has 0 fully saturated rings. The summed E-state index contributed by atoms with van der Waals surface area (Å²) >= 11 is 0. The highest BCUT2D eigenvalue weighted by Gasteiger charge is 2.07. The maximum atomic E-state index is 11.3. The topological polar surface area (TPSA) is 79.5 Å². The van der Waals surface area contributed by atoms with Crippen LogP contribution in [0.5, 0.6) is 5.75 Å². The number of hydrogen-bond donors (Lipinski definition) is 3. The third kappa shape index (κ3) is 3.97. The molecule has 0 aliphatic heterocycles. The van der Waals surface area contributed by atoms with Crippen molar-refractivity contribution in [3.8, 4) is 5.75 Å². The fourth-order valence-electron chi connectivity index (χ4n) is 1.40. The van der Waals surface area contributed by atoms with Crippen LogP contribution in [0.3, 0.4) is 0 Å². The Bertz CT molecular complexity index is 446. The Kier molecular flexibility index (Phi) is 4.98. The van der Waals surface area contributed by atoms with Crippen LogP contribution in [-0.4, -0.2) is 25.6 Å². The van der Waals surface area contributed by atoms with Crippen molar-refractivity contribution in [2.45, 2.75) is 13.8 Å². The van der Waals surface area contributed by atoms with Gasteiger partial charge in [-0.1, -0.05) is 0 Å². The standard InChI is InChI=1S/C12H17N3O3/c1-4-13-12(17)15-9-5-6-10(14-8(2)16)11(7-9)18-3/h5-7H,4H2,1-3H3,(H,14,16)(H2,13,15,17). The number of carbonyl (C=O) groups is 2. The predicted octanol–water partition coefficient (Wildman–Crippen LogP) is 1.80. The van der Waals surface area contributed by atoms with Crippen LogP contribution in [0.25, 0.3) is 0 Å². The predicted molar refractivity (Wildman–Crippen MR) is 70.0 cm³/mol. The van der Waals surface area contributed by atoms with Gasteiger partial charge in [0, 0.05) is 25.2 Å². The molecule has 1 rings (SSSR count). The normalized spacial score (nSPS) is 9.50. The number of hydrogen-bond acceptors (Lipinski definition) is 3. The lowest BCUT2D eigenvalue weighted by molar-refractivity contribution is -0.114. The molecule has 0 aromatic heterocycles. The minimum atomic E-state index is -0.285. The van der Waals surface area contributed by atoms with E-state index in [4.69, 9.17) is 4.74 Å². The average molecular weight is 251 g/mol. The van der Waals surface area contributed by atoms with Crippen molar-refractivity contribution in [2.75, 3.05) is 24.3 Å². The van der Waals surface area contributed by atoms with Crippen molar-refractivity contribution in [3.05, 3.63) is 18.2 Å². The minimum absolute atomic E-state index is 0.183. The maximum absolute atomic E-state index is 11.3. The molecule has 0 aliphatic carbocycles. The van der Waals surface area contributed by atoms with Crippen LogP contribution in [0, 0.1) is 0 Å². The Morgan fingerprint density at radius 3 is 2.56 bits per heavy atom. The monoisotopic (exact) mass is 251 g/mol. The number of anilines is 2. The van der Waals surface area contributed by atoms with Crippen LogP contribution in [0.2, 0.25) is 0 Å². The van der Waals surface area contributed by atoms with Crippen molar-refractivity contribution >= 4 is 23.3 Å². The van der Waals surface area contributed by atoms with Gasteiger partial charge in [0.25, 0.3) is 0 Å². The van der Waals surface area contributed by atoms with Crippen LogP contribution < -0.4 is 20.7 Å². The van der Waals surface area contributed by atoms with E-state index >= 15 is 0 Å². The van der Waals surface area contributed by atoms with Gasteiger partial charge in [0.05, 0.1) is 12.8 Å². The molecule has 0 aliphatic rings. The highest BCUT2D eigenvalue weighted by atomic mass is 16.5. The number of carbonyl (C=O) groups excluding carboxylic acids is 2. The first kappa shape index (κ1) is 13.8. The summed E-state index contributed by atoms with van der Waals surface area (Å²) in [5, 5.41) is 7.91. The smallest absolute Gasteiger partial charge is 0.319 e. The van der Waals surface area contributed by atoms with Crippen molar-refractivity contribution < 1.29 is 14.3 Å². The third-order valence-electron chi connectivity index (χ3n) is 2.11. The molecule has 0 atom stereocenters. The van der Waals surface area contributed by atoms with Crippen LogP contribution in [0.15, 0.2) is 18.2 Å². The van der Waals surface area contributed by atoms with E-state index in [0.717, 1.165) is 0 Å². The highest BCUT2D eigenvalue weighted by Crippen LogP contribution is 2.27. The van der Waals surface area contributed by atoms with E-state index in [1.807, 2.05) is 6.92 Å². The lowest BCUT2D eigenvalue weighted by Crippen LogP contribution is -2.28. The summed E-state index contributed by atoms with van der Waals surface area (Å²) in [5.41, 5.74) is 1.15. The van der Waals surface area contributed by atoms with E-state index in [1.165, 1.54) is 14.0 Å². The van der Waals surface area contributed by atoms with Gasteiger partial charge in [-0.05, 0) is 19.1 Å². The zero-order chi connectivity index (χ0) is 13.5. The molecule has 0 heterocycles. The van der Waals surface area contributed by atoms with Gasteiger partial charge in [0.2, 0.25) is 5.91 Å². The molecule has 6 nitrogen and oxygen atoms in total. The quantitative estimate of drug-likeness (QED) is 0.763. The molecule has 0 radical (unpaired) electrons. The molecule has 98 valence electrons. The average Bonchev–Trinajstić information content (AvgIpc) is 2.30. The zero-order valence-corrected chi connectivity index (χ0v) is 10.7. The Hall–Kier alpha value is -2.24. The molecule has 0 bridgehead atoms. The van der Waals surface area contributed by atoms with Crippen LogP contribution in [0.1, 0.15) is 13.8 Å². The molecule has 18 heavy (non-hydrogen) atoms. The zero-order valence-electron chi connectivity index (χ0n) is 10.7. The van der Waals surface area contributed by atoms with Crippen molar-refractivity contribution in [3.63, 3.8) is 0 Å². The third-order valence-corrected chi connectivity index (χ3v) is 2.11. The summed E-state index contributed by atoms with van der Waals surface area (Å²) in [6.07, 6.45) is 0. The Morgan fingerprint density at radius 2 is 2.00 bits per heavy atom. The van der Waals surface area contributed by atoms with Gasteiger partial charge in [-0.3, -0.25) is 4.79 Å². The molecule has 0 saturated carbocycles. The molecular weight excluding hydrogens is 234 g/mol. The first-order valence-corrected chi connectivity index (χ1v) is 5.57. The highest BCUT2D eigenvalue weighted by molar-refractivity contribution is 5.93. The maximum Gasteiger partial charge on any atom is 0.319 e. The molecule has 0 unspecified atom stereocenters. The Morgan fingerprint density at radius 1 is 1.28 bits per heavy atom. The van der Waals surface area contributed by atoms with E-state index in [0.29, 0.717) is 23.7 Å². The molecule has 0 saturated heterocycles. The summed E-state index contributed by atoms with van der Waals surface area (Å²) in [6.45, 7) is 3.80. The Balaban J connectivity index is 2.84. The van der Waals surface area contributed by atoms with Crippen LogP contribution in [-0.2, 0) is 4.79 Å². The molecule has 3 N–H and O–H groups in total. The van der Waals surface area contributed by atoms with Crippen LogP contribution >= 0.6 is 0 Å². The molecular formula is C12H17N3O3. The van der Waals surface area contributed by atoms with Crippen molar-refractivity contribution in [1.29, 1.82) is 0 Å². The number of benzene rings is 1. The summed E-state index contributed by atoms with van der Waals surface area (Å²) in [5.74, 6) is 0.303. The van der Waals surface area contributed by atoms with Gasteiger partial charge >= 0.3 is 6.03 Å². The minimum Gasteiger partial charge on any atom is -0.494 e. The number of methoxy groups -OCH3 is 1. The Labute approximate surface area is 106 Å². The molecule has 3 amide bonds. The van der Waals surface area contributed by atoms with E-state index in [1.54, 1.807) is 18.2 Å². The van der Waals surface area contributed by atoms with Crippen molar-refractivity contribution in [2.24, 2.45) is 0 Å².